The van der Waals surface area contributed by atoms with Crippen molar-refractivity contribution < 1.29 is 4.39 Å². The van der Waals surface area contributed by atoms with E-state index in [9.17, 15) is 4.39 Å². The SMILES string of the molecule is Fc1cccc2[nH]c(CCl)nc12. The lowest BCUT2D eigenvalue weighted by Gasteiger charge is -1.86. The van der Waals surface area contributed by atoms with Crippen molar-refractivity contribution in [3.63, 3.8) is 0 Å². The van der Waals surface area contributed by atoms with Gasteiger partial charge < -0.3 is 4.98 Å². The van der Waals surface area contributed by atoms with Gasteiger partial charge in [0.25, 0.3) is 0 Å². The first kappa shape index (κ1) is 7.55. The van der Waals surface area contributed by atoms with Crippen molar-refractivity contribution in [2.24, 2.45) is 0 Å². The normalized spacial score (nSPS) is 10.8. The van der Waals surface area contributed by atoms with Crippen LogP contribution in [0.4, 0.5) is 4.39 Å². The third-order valence-corrected chi connectivity index (χ3v) is 1.89. The fourth-order valence-electron chi connectivity index (χ4n) is 1.11. The van der Waals surface area contributed by atoms with Crippen LogP contribution in [0.5, 0.6) is 0 Å². The first-order valence-electron chi connectivity index (χ1n) is 3.50. The molecule has 0 saturated carbocycles. The quantitative estimate of drug-likeness (QED) is 0.678. The van der Waals surface area contributed by atoms with Gasteiger partial charge in [-0.2, -0.15) is 0 Å². The Hall–Kier alpha value is -1.09. The second kappa shape index (κ2) is 2.75. The Balaban J connectivity index is 2.74. The molecule has 12 heavy (non-hydrogen) atoms. The average molecular weight is 185 g/mol. The molecule has 0 unspecified atom stereocenters. The minimum absolute atomic E-state index is 0.272. The molecule has 2 nitrogen and oxygen atoms in total. The van der Waals surface area contributed by atoms with Crippen molar-refractivity contribution in [3.05, 3.63) is 29.8 Å². The molecule has 1 heterocycles. The van der Waals surface area contributed by atoms with Crippen LogP contribution in [0.15, 0.2) is 18.2 Å². The maximum Gasteiger partial charge on any atom is 0.151 e. The number of alkyl halides is 1. The summed E-state index contributed by atoms with van der Waals surface area (Å²) in [6, 6.07) is 4.77. The van der Waals surface area contributed by atoms with Crippen molar-refractivity contribution in [2.45, 2.75) is 5.88 Å². The van der Waals surface area contributed by atoms with Gasteiger partial charge in [-0.3, -0.25) is 0 Å². The second-order valence-electron chi connectivity index (χ2n) is 2.45. The molecule has 0 bridgehead atoms. The highest BCUT2D eigenvalue weighted by atomic mass is 35.5. The van der Waals surface area contributed by atoms with E-state index < -0.39 is 0 Å². The summed E-state index contributed by atoms with van der Waals surface area (Å²) >= 11 is 5.53. The molecule has 4 heteroatoms. The van der Waals surface area contributed by atoms with Gasteiger partial charge in [0.1, 0.15) is 11.3 Å². The van der Waals surface area contributed by atoms with Crippen LogP contribution in [0, 0.1) is 5.82 Å². The highest BCUT2D eigenvalue weighted by molar-refractivity contribution is 6.16. The molecule has 1 aromatic carbocycles. The van der Waals surface area contributed by atoms with Crippen molar-refractivity contribution in [1.29, 1.82) is 0 Å². The standard InChI is InChI=1S/C8H6ClFN2/c9-4-7-11-6-3-1-2-5(10)8(6)12-7/h1-3H,4H2,(H,11,12). The first-order chi connectivity index (χ1) is 5.81. The Kier molecular flexibility index (Phi) is 1.73. The molecule has 0 aliphatic rings. The van der Waals surface area contributed by atoms with Gasteiger partial charge in [-0.05, 0) is 12.1 Å². The maximum atomic E-state index is 13.0. The molecule has 0 amide bonds. The number of hydrogen-bond acceptors (Lipinski definition) is 1. The predicted molar refractivity (Wildman–Crippen MR) is 45.6 cm³/mol. The van der Waals surface area contributed by atoms with E-state index in [2.05, 4.69) is 9.97 Å². The smallest absolute Gasteiger partial charge is 0.151 e. The lowest BCUT2D eigenvalue weighted by atomic mass is 10.3. The number of aromatic amines is 1. The number of aromatic nitrogens is 2. The van der Waals surface area contributed by atoms with Crippen LogP contribution in [0.2, 0.25) is 0 Å². The lowest BCUT2D eigenvalue weighted by Crippen LogP contribution is -1.78. The molecule has 0 aliphatic heterocycles. The van der Waals surface area contributed by atoms with Gasteiger partial charge >= 0.3 is 0 Å². The molecule has 2 aromatic rings. The van der Waals surface area contributed by atoms with E-state index in [4.69, 9.17) is 11.6 Å². The number of benzene rings is 1. The van der Waals surface area contributed by atoms with Crippen LogP contribution in [-0.2, 0) is 5.88 Å². The Morgan fingerprint density at radius 1 is 1.50 bits per heavy atom. The van der Waals surface area contributed by atoms with Crippen LogP contribution in [0.3, 0.4) is 0 Å². The highest BCUT2D eigenvalue weighted by Crippen LogP contribution is 2.15. The third-order valence-electron chi connectivity index (χ3n) is 1.64. The van der Waals surface area contributed by atoms with Crippen molar-refractivity contribution in [2.75, 3.05) is 0 Å². The van der Waals surface area contributed by atoms with Gasteiger partial charge in [-0.25, -0.2) is 9.37 Å². The molecule has 1 aromatic heterocycles. The van der Waals surface area contributed by atoms with Crippen molar-refractivity contribution in [1.82, 2.24) is 9.97 Å². The number of hydrogen-bond donors (Lipinski definition) is 1. The zero-order valence-corrected chi connectivity index (χ0v) is 6.90. The molecule has 0 aliphatic carbocycles. The number of para-hydroxylation sites is 1. The number of rotatable bonds is 1. The summed E-state index contributed by atoms with van der Waals surface area (Å²) in [4.78, 5) is 6.87. The summed E-state index contributed by atoms with van der Waals surface area (Å²) in [5.41, 5.74) is 1.04. The number of fused-ring (bicyclic) bond motifs is 1. The second-order valence-corrected chi connectivity index (χ2v) is 2.72. The van der Waals surface area contributed by atoms with E-state index in [0.29, 0.717) is 16.9 Å². The summed E-state index contributed by atoms with van der Waals surface area (Å²) in [5.74, 6) is 0.547. The molecule has 1 N–H and O–H groups in total. The number of imidazole rings is 1. The van der Waals surface area contributed by atoms with Gasteiger partial charge in [0, 0.05) is 0 Å². The summed E-state index contributed by atoms with van der Waals surface area (Å²) in [5, 5.41) is 0. The molecule has 62 valence electrons. The topological polar surface area (TPSA) is 28.7 Å². The van der Waals surface area contributed by atoms with Crippen molar-refractivity contribution in [3.8, 4) is 0 Å². The summed E-state index contributed by atoms with van der Waals surface area (Å²) in [7, 11) is 0. The predicted octanol–water partition coefficient (Wildman–Crippen LogP) is 2.44. The molecule has 0 atom stereocenters. The van der Waals surface area contributed by atoms with Gasteiger partial charge in [-0.1, -0.05) is 6.07 Å². The summed E-state index contributed by atoms with van der Waals surface area (Å²) in [6.45, 7) is 0. The van der Waals surface area contributed by atoms with Gasteiger partial charge in [0.05, 0.1) is 11.4 Å². The first-order valence-corrected chi connectivity index (χ1v) is 4.04. The Bertz CT molecular complexity index is 410. The largest absolute Gasteiger partial charge is 0.341 e. The van der Waals surface area contributed by atoms with E-state index in [1.165, 1.54) is 6.07 Å². The molecular formula is C8H6ClFN2. The fourth-order valence-corrected chi connectivity index (χ4v) is 1.24. The zero-order valence-electron chi connectivity index (χ0n) is 6.14. The minimum atomic E-state index is -0.319. The molecular weight excluding hydrogens is 179 g/mol. The highest BCUT2D eigenvalue weighted by Gasteiger charge is 2.04. The number of nitrogens with zero attached hydrogens (tertiary/aromatic N) is 1. The van der Waals surface area contributed by atoms with Crippen LogP contribution in [0.1, 0.15) is 5.82 Å². The van der Waals surface area contributed by atoms with Crippen molar-refractivity contribution >= 4 is 22.6 Å². The molecule has 0 saturated heterocycles. The van der Waals surface area contributed by atoms with Crippen LogP contribution < -0.4 is 0 Å². The zero-order chi connectivity index (χ0) is 8.55. The molecule has 0 spiro atoms. The van der Waals surface area contributed by atoms with Crippen LogP contribution >= 0.6 is 11.6 Å². The Labute approximate surface area is 73.4 Å². The maximum absolute atomic E-state index is 13.0. The minimum Gasteiger partial charge on any atom is -0.341 e. The molecule has 2 rings (SSSR count). The van der Waals surface area contributed by atoms with E-state index in [1.54, 1.807) is 12.1 Å². The van der Waals surface area contributed by atoms with E-state index in [1.807, 2.05) is 0 Å². The Morgan fingerprint density at radius 3 is 3.00 bits per heavy atom. The summed E-state index contributed by atoms with van der Waals surface area (Å²) < 4.78 is 13.0. The summed E-state index contributed by atoms with van der Waals surface area (Å²) in [6.07, 6.45) is 0. The number of H-pyrrole nitrogens is 1. The van der Waals surface area contributed by atoms with Crippen LogP contribution in [0.25, 0.3) is 11.0 Å². The number of halogens is 2. The van der Waals surface area contributed by atoms with E-state index >= 15 is 0 Å². The average Bonchev–Trinajstić information content (AvgIpc) is 2.49. The third kappa shape index (κ3) is 1.06. The molecule has 0 fully saturated rings. The monoisotopic (exact) mass is 184 g/mol. The fraction of sp³-hybridized carbons (Fsp3) is 0.125. The molecule has 0 radical (unpaired) electrons. The van der Waals surface area contributed by atoms with Gasteiger partial charge in [0.2, 0.25) is 0 Å². The van der Waals surface area contributed by atoms with E-state index in [0.717, 1.165) is 0 Å². The Morgan fingerprint density at radius 2 is 2.33 bits per heavy atom. The van der Waals surface area contributed by atoms with Crippen LogP contribution in [-0.4, -0.2) is 9.97 Å². The van der Waals surface area contributed by atoms with Gasteiger partial charge in [0.15, 0.2) is 5.82 Å². The van der Waals surface area contributed by atoms with Gasteiger partial charge in [-0.15, -0.1) is 11.6 Å². The van der Waals surface area contributed by atoms with E-state index in [-0.39, 0.29) is 11.7 Å². The number of nitrogens with one attached hydrogen (secondary N) is 1. The lowest BCUT2D eigenvalue weighted by molar-refractivity contribution is 0.637.